The van der Waals surface area contributed by atoms with Gasteiger partial charge in [0.05, 0.1) is 64.3 Å². The topological polar surface area (TPSA) is 119 Å². The van der Waals surface area contributed by atoms with E-state index in [1.807, 2.05) is 52.2 Å². The van der Waals surface area contributed by atoms with Gasteiger partial charge in [-0.2, -0.15) is 0 Å². The van der Waals surface area contributed by atoms with Crippen LogP contribution in [0.2, 0.25) is 0 Å². The van der Waals surface area contributed by atoms with Crippen LogP contribution >= 0.6 is 34.0 Å². The number of fused-ring (bicyclic) bond motifs is 36. The summed E-state index contributed by atoms with van der Waals surface area (Å²) in [6.45, 7) is 0. The van der Waals surface area contributed by atoms with Crippen molar-refractivity contribution in [2.24, 2.45) is 0 Å². The van der Waals surface area contributed by atoms with Crippen molar-refractivity contribution in [3.63, 3.8) is 0 Å². The predicted molar refractivity (Wildman–Crippen MR) is 611 cm³/mol. The van der Waals surface area contributed by atoms with E-state index in [-0.39, 0.29) is 0 Å². The Bertz CT molecular complexity index is 10800. The third kappa shape index (κ3) is 13.4. The fourth-order valence-electron chi connectivity index (χ4n) is 22.1. The Kier molecular flexibility index (Phi) is 19.4. The van der Waals surface area contributed by atoms with Crippen LogP contribution in [0.3, 0.4) is 0 Å². The van der Waals surface area contributed by atoms with Gasteiger partial charge in [-0.3, -0.25) is 0 Å². The largest absolute Gasteiger partial charge is 0.311 e. The summed E-state index contributed by atoms with van der Waals surface area (Å²) < 4.78 is 7.38. The fourth-order valence-corrected chi connectivity index (χ4v) is 25.7. The van der Waals surface area contributed by atoms with E-state index in [1.165, 1.54) is 120 Å². The molecule has 0 aliphatic rings. The Labute approximate surface area is 835 Å². The Hall–Kier alpha value is -18.4. The molecule has 144 heavy (non-hydrogen) atoms. The summed E-state index contributed by atoms with van der Waals surface area (Å²) in [5.41, 5.74) is 17.2. The minimum Gasteiger partial charge on any atom is -0.311 e. The number of rotatable bonds is 9. The molecule has 0 saturated heterocycles. The molecular formula is C131H76N10S3. The van der Waals surface area contributed by atoms with E-state index < -0.39 is 0 Å². The summed E-state index contributed by atoms with van der Waals surface area (Å²) in [5, 5.41) is 32.9. The summed E-state index contributed by atoms with van der Waals surface area (Å²) in [6, 6.07) is 163. The van der Waals surface area contributed by atoms with E-state index in [1.54, 1.807) is 0 Å². The van der Waals surface area contributed by atoms with Crippen LogP contribution < -0.4 is 4.90 Å². The number of anilines is 3. The Balaban J connectivity index is 0.000000103. The highest BCUT2D eigenvalue weighted by atomic mass is 32.1. The zero-order valence-corrected chi connectivity index (χ0v) is 79.5. The average Bonchev–Trinajstić information content (AvgIpc) is 1.49. The van der Waals surface area contributed by atoms with Gasteiger partial charge in [-0.1, -0.05) is 382 Å². The standard InChI is InChI=1S/C49H30N4S.2C41H23N3S/c1-3-15-32(16-4-1)53(33-17-5-2-6-18-33)34-29-27-31(28-30-34)45-39-23-11-13-25-41(39)50-49(52-45)46-38-22-10-9-21-37(38)43-35-19-7-8-20-36(35)44-40-24-12-14-26-42(40)54-48(44)47(43)51-46;1-2-12-25-23-26(22-21-24(25)11-1)37-31-17-7-9-19-33(31)42-41(44-37)38-30-16-6-5-15-29(30)35-27-13-3-4-14-28(27)36-32-18-8-10-20-34(32)45-40(36)39(35)43-38;1-2-13-25(14-3-1)36-32-23-22-24-12-4-5-15-26(24)37(32)44-41(43-36)38-30-19-9-8-18-29(30)34-27-16-6-7-17-28(27)35-31-20-10-11-21-33(31)45-40(35)39(34)42-38/h1-30H;2*1-23H. The predicted octanol–water partition coefficient (Wildman–Crippen LogP) is 36.3. The number of nitrogens with zero attached hydrogens (tertiary/aromatic N) is 10. The van der Waals surface area contributed by atoms with Crippen LogP contribution in [0.4, 0.5) is 17.1 Å². The molecular weight excluding hydrogens is 1810 g/mol. The third-order valence-corrected chi connectivity index (χ3v) is 32.0. The first-order valence-electron chi connectivity index (χ1n) is 48.4. The molecule has 13 heteroatoms. The number of pyridine rings is 3. The van der Waals surface area contributed by atoms with Crippen molar-refractivity contribution in [3.05, 3.63) is 461 Å². The molecule has 0 atom stereocenters. The first-order valence-corrected chi connectivity index (χ1v) is 50.8. The van der Waals surface area contributed by atoms with E-state index in [2.05, 4.69) is 448 Å². The van der Waals surface area contributed by atoms with Crippen LogP contribution in [-0.4, -0.2) is 44.9 Å². The second-order valence-electron chi connectivity index (χ2n) is 36.6. The number of benzene rings is 22. The Morgan fingerprint density at radius 2 is 0.438 bits per heavy atom. The van der Waals surface area contributed by atoms with Gasteiger partial charge in [0.25, 0.3) is 0 Å². The smallest absolute Gasteiger partial charge is 0.180 e. The van der Waals surface area contributed by atoms with Crippen molar-refractivity contribution in [1.29, 1.82) is 0 Å². The molecule has 0 aliphatic carbocycles. The molecule has 0 amide bonds. The van der Waals surface area contributed by atoms with Crippen LogP contribution in [0.15, 0.2) is 461 Å². The monoisotopic (exact) mass is 1880 g/mol. The van der Waals surface area contributed by atoms with E-state index in [9.17, 15) is 0 Å². The maximum Gasteiger partial charge on any atom is 0.180 e. The van der Waals surface area contributed by atoms with Crippen molar-refractivity contribution >= 4 is 263 Å². The molecule has 0 unspecified atom stereocenters. The van der Waals surface area contributed by atoms with Crippen molar-refractivity contribution in [1.82, 2.24) is 44.9 Å². The number of thiophene rings is 3. The second kappa shape index (κ2) is 33.7. The van der Waals surface area contributed by atoms with Crippen LogP contribution in [0.5, 0.6) is 0 Å². The minimum absolute atomic E-state index is 0.614. The van der Waals surface area contributed by atoms with Gasteiger partial charge < -0.3 is 4.90 Å². The quantitative estimate of drug-likeness (QED) is 0.129. The summed E-state index contributed by atoms with van der Waals surface area (Å²) in [6.07, 6.45) is 0. The lowest BCUT2D eigenvalue weighted by Gasteiger charge is -2.25. The van der Waals surface area contributed by atoms with Crippen LogP contribution in [0, 0.1) is 0 Å². The summed E-state index contributed by atoms with van der Waals surface area (Å²) in [5.74, 6) is 1.89. The summed E-state index contributed by atoms with van der Waals surface area (Å²) in [4.78, 5) is 50.7. The maximum atomic E-state index is 5.57. The van der Waals surface area contributed by atoms with Gasteiger partial charge >= 0.3 is 0 Å². The first kappa shape index (κ1) is 82.7. The van der Waals surface area contributed by atoms with E-state index in [4.69, 9.17) is 44.9 Å². The Morgan fingerprint density at radius 1 is 0.153 bits per heavy atom. The molecule has 10 nitrogen and oxygen atoms in total. The normalized spacial score (nSPS) is 11.9. The fraction of sp³-hybridized carbons (Fsp3) is 0. The number of aromatic nitrogens is 9. The molecule has 0 fully saturated rings. The van der Waals surface area contributed by atoms with E-state index in [0.29, 0.717) is 17.5 Å². The average molecular weight is 1890 g/mol. The van der Waals surface area contributed by atoms with Gasteiger partial charge in [0.1, 0.15) is 17.1 Å². The highest BCUT2D eigenvalue weighted by Gasteiger charge is 2.29. The van der Waals surface area contributed by atoms with Crippen LogP contribution in [0.1, 0.15) is 0 Å². The summed E-state index contributed by atoms with van der Waals surface area (Å²) in [7, 11) is 0. The molecule has 0 radical (unpaired) electrons. The molecule has 31 aromatic rings. The zero-order chi connectivity index (χ0) is 94.6. The van der Waals surface area contributed by atoms with E-state index in [0.717, 1.165) is 160 Å². The van der Waals surface area contributed by atoms with Crippen molar-refractivity contribution in [2.75, 3.05) is 4.90 Å². The highest BCUT2D eigenvalue weighted by molar-refractivity contribution is 7.28. The molecule has 0 spiro atoms. The third-order valence-electron chi connectivity index (χ3n) is 28.5. The van der Waals surface area contributed by atoms with Gasteiger partial charge in [-0.05, 0) is 143 Å². The van der Waals surface area contributed by atoms with Gasteiger partial charge in [-0.25, -0.2) is 44.9 Å². The zero-order valence-electron chi connectivity index (χ0n) is 77.1. The lowest BCUT2D eigenvalue weighted by molar-refractivity contribution is 1.20. The van der Waals surface area contributed by atoms with Crippen molar-refractivity contribution in [3.8, 4) is 68.3 Å². The molecule has 0 saturated carbocycles. The van der Waals surface area contributed by atoms with Crippen molar-refractivity contribution in [2.45, 2.75) is 0 Å². The minimum atomic E-state index is 0.614. The van der Waals surface area contributed by atoms with Gasteiger partial charge in [-0.15, -0.1) is 34.0 Å². The molecule has 0 N–H and O–H groups in total. The molecule has 22 aromatic carbocycles. The first-order chi connectivity index (χ1) is 71.4. The van der Waals surface area contributed by atoms with E-state index >= 15 is 0 Å². The molecule has 668 valence electrons. The Morgan fingerprint density at radius 3 is 0.861 bits per heavy atom. The highest BCUT2D eigenvalue weighted by Crippen LogP contribution is 2.53. The molecule has 0 aliphatic heterocycles. The van der Waals surface area contributed by atoms with Crippen LogP contribution in [-0.2, 0) is 0 Å². The SMILES string of the molecule is c1ccc(-c2nc(-c3nc4c5sc6ccccc6c5c5ccccc5c4c4ccccc34)nc3c2ccc2ccccc23)cc1.c1ccc(N(c2ccccc2)c2ccc(-c3nc(-c4nc5c6sc7ccccc7c6c6ccccc6c5c5ccccc45)nc4ccccc34)cc2)cc1.c1ccc2cc(-c3nc(-c4nc5c6sc7ccccc7c6c6ccccc6c5c5ccccc45)nc4ccccc34)ccc2c1. The summed E-state index contributed by atoms with van der Waals surface area (Å²) >= 11 is 5.45. The second-order valence-corrected chi connectivity index (χ2v) is 39.8. The molecule has 9 aromatic heterocycles. The molecule has 31 rings (SSSR count). The number of hydrogen-bond donors (Lipinski definition) is 0. The maximum absolute atomic E-state index is 5.57. The van der Waals surface area contributed by atoms with Crippen molar-refractivity contribution < 1.29 is 0 Å². The number of hydrogen-bond acceptors (Lipinski definition) is 13. The number of para-hydroxylation sites is 4. The molecule has 0 bridgehead atoms. The molecule has 9 heterocycles. The van der Waals surface area contributed by atoms with Gasteiger partial charge in [0.15, 0.2) is 17.5 Å². The van der Waals surface area contributed by atoms with Gasteiger partial charge in [0.2, 0.25) is 0 Å². The van der Waals surface area contributed by atoms with Gasteiger partial charge in [0, 0.05) is 134 Å². The lowest BCUT2D eigenvalue weighted by Crippen LogP contribution is -2.09. The lowest BCUT2D eigenvalue weighted by atomic mass is 9.95. The van der Waals surface area contributed by atoms with Crippen LogP contribution in [0.25, 0.3) is 280 Å².